The van der Waals surface area contributed by atoms with Crippen molar-refractivity contribution < 1.29 is 36.3 Å². The highest BCUT2D eigenvalue weighted by molar-refractivity contribution is 7.92. The number of halogens is 3. The van der Waals surface area contributed by atoms with Crippen LogP contribution in [0.15, 0.2) is 52.1 Å². The molecule has 2 aromatic carbocycles. The Morgan fingerprint density at radius 1 is 1.07 bits per heavy atom. The predicted molar refractivity (Wildman–Crippen MR) is 85.3 cm³/mol. The van der Waals surface area contributed by atoms with E-state index in [4.69, 9.17) is 4.52 Å². The van der Waals surface area contributed by atoms with Crippen molar-refractivity contribution >= 4 is 15.7 Å². The first-order chi connectivity index (χ1) is 12.6. The summed E-state index contributed by atoms with van der Waals surface area (Å²) in [7, 11) is -4.47. The van der Waals surface area contributed by atoms with Crippen LogP contribution in [-0.4, -0.2) is 28.8 Å². The number of anilines is 1. The van der Waals surface area contributed by atoms with E-state index < -0.39 is 38.2 Å². The molecule has 0 saturated carbocycles. The second-order valence-corrected chi connectivity index (χ2v) is 6.95. The van der Waals surface area contributed by atoms with Crippen molar-refractivity contribution in [2.75, 3.05) is 4.72 Å². The Labute approximate surface area is 149 Å². The highest BCUT2D eigenvalue weighted by Crippen LogP contribution is 2.38. The first-order valence-corrected chi connectivity index (χ1v) is 8.59. The third-order valence-electron chi connectivity index (χ3n) is 3.42. The molecule has 0 aliphatic heterocycles. The van der Waals surface area contributed by atoms with Crippen molar-refractivity contribution in [3.8, 4) is 23.0 Å². The van der Waals surface area contributed by atoms with Gasteiger partial charge in [0.1, 0.15) is 0 Å². The molecule has 142 valence electrons. The van der Waals surface area contributed by atoms with E-state index in [2.05, 4.69) is 10.1 Å². The van der Waals surface area contributed by atoms with Crippen molar-refractivity contribution in [3.63, 3.8) is 0 Å². The zero-order valence-corrected chi connectivity index (χ0v) is 13.9. The van der Waals surface area contributed by atoms with E-state index in [9.17, 15) is 31.8 Å². The Kier molecular flexibility index (Phi) is 4.43. The normalized spacial score (nSPS) is 12.1. The average molecular weight is 401 g/mol. The SMILES string of the molecule is O=S(=O)(Nc1cc(O)c(O)cc1-c1ncno1)c1cccc(C(F)(F)F)c1. The van der Waals surface area contributed by atoms with E-state index in [0.717, 1.165) is 36.7 Å². The van der Waals surface area contributed by atoms with Crippen molar-refractivity contribution in [1.29, 1.82) is 0 Å². The fourth-order valence-corrected chi connectivity index (χ4v) is 3.29. The summed E-state index contributed by atoms with van der Waals surface area (Å²) in [6, 6.07) is 4.95. The van der Waals surface area contributed by atoms with E-state index in [-0.39, 0.29) is 17.1 Å². The van der Waals surface area contributed by atoms with E-state index in [0.29, 0.717) is 6.07 Å². The molecule has 0 spiro atoms. The Hall–Kier alpha value is -3.28. The molecule has 0 aliphatic rings. The molecule has 3 aromatic rings. The standard InChI is InChI=1S/C15H10F3N3O5S/c16-15(17,18)8-2-1-3-9(4-8)27(24,25)21-11-6-13(23)12(22)5-10(11)14-19-7-20-26-14/h1-7,21-23H. The summed E-state index contributed by atoms with van der Waals surface area (Å²) in [5, 5.41) is 22.6. The molecule has 8 nitrogen and oxygen atoms in total. The summed E-state index contributed by atoms with van der Waals surface area (Å²) in [4.78, 5) is 3.06. The second-order valence-electron chi connectivity index (χ2n) is 5.26. The summed E-state index contributed by atoms with van der Waals surface area (Å²) in [5.41, 5.74) is -1.51. The molecule has 0 unspecified atom stereocenters. The molecule has 1 aromatic heterocycles. The monoisotopic (exact) mass is 401 g/mol. The molecular weight excluding hydrogens is 391 g/mol. The van der Waals surface area contributed by atoms with E-state index in [1.807, 2.05) is 4.72 Å². The third kappa shape index (κ3) is 3.79. The maximum Gasteiger partial charge on any atom is 0.416 e. The smallest absolute Gasteiger partial charge is 0.416 e. The van der Waals surface area contributed by atoms with Gasteiger partial charge in [-0.05, 0) is 24.3 Å². The third-order valence-corrected chi connectivity index (χ3v) is 4.79. The van der Waals surface area contributed by atoms with Crippen LogP contribution in [0.5, 0.6) is 11.5 Å². The zero-order chi connectivity index (χ0) is 19.8. The van der Waals surface area contributed by atoms with Gasteiger partial charge in [0.05, 0.1) is 21.7 Å². The van der Waals surface area contributed by atoms with Gasteiger partial charge in [0.15, 0.2) is 17.8 Å². The minimum atomic E-state index is -4.72. The van der Waals surface area contributed by atoms with Crippen molar-refractivity contribution in [2.45, 2.75) is 11.1 Å². The van der Waals surface area contributed by atoms with Gasteiger partial charge in [-0.25, -0.2) is 8.42 Å². The molecule has 0 atom stereocenters. The molecule has 12 heteroatoms. The molecule has 0 bridgehead atoms. The topological polar surface area (TPSA) is 126 Å². The average Bonchev–Trinajstić information content (AvgIpc) is 3.11. The quantitative estimate of drug-likeness (QED) is 0.453. The lowest BCUT2D eigenvalue weighted by molar-refractivity contribution is -0.137. The lowest BCUT2D eigenvalue weighted by Crippen LogP contribution is -2.15. The van der Waals surface area contributed by atoms with Crippen LogP contribution < -0.4 is 4.72 Å². The van der Waals surface area contributed by atoms with Gasteiger partial charge in [0.2, 0.25) is 0 Å². The van der Waals surface area contributed by atoms with Gasteiger partial charge in [0, 0.05) is 6.07 Å². The number of aromatic hydroxyl groups is 2. The van der Waals surface area contributed by atoms with Crippen LogP contribution in [0.1, 0.15) is 5.56 Å². The van der Waals surface area contributed by atoms with Gasteiger partial charge in [-0.15, -0.1) is 0 Å². The van der Waals surface area contributed by atoms with Crippen LogP contribution in [0.3, 0.4) is 0 Å². The number of hydrogen-bond donors (Lipinski definition) is 3. The predicted octanol–water partition coefficient (Wildman–Crippen LogP) is 2.97. The first kappa shape index (κ1) is 18.5. The largest absolute Gasteiger partial charge is 0.504 e. The molecule has 27 heavy (non-hydrogen) atoms. The number of aromatic nitrogens is 2. The molecule has 3 rings (SSSR count). The summed E-state index contributed by atoms with van der Waals surface area (Å²) < 4.78 is 70.3. The Balaban J connectivity index is 2.06. The van der Waals surface area contributed by atoms with E-state index in [1.165, 1.54) is 0 Å². The van der Waals surface area contributed by atoms with Gasteiger partial charge in [-0.3, -0.25) is 4.72 Å². The van der Waals surface area contributed by atoms with Crippen LogP contribution >= 0.6 is 0 Å². The molecule has 3 N–H and O–H groups in total. The van der Waals surface area contributed by atoms with Crippen LogP contribution in [0, 0.1) is 0 Å². The summed E-state index contributed by atoms with van der Waals surface area (Å²) >= 11 is 0. The lowest BCUT2D eigenvalue weighted by Gasteiger charge is -2.13. The van der Waals surface area contributed by atoms with E-state index >= 15 is 0 Å². The van der Waals surface area contributed by atoms with Gasteiger partial charge >= 0.3 is 6.18 Å². The molecule has 0 radical (unpaired) electrons. The highest BCUT2D eigenvalue weighted by atomic mass is 32.2. The van der Waals surface area contributed by atoms with Gasteiger partial charge in [0.25, 0.3) is 15.9 Å². The fraction of sp³-hybridized carbons (Fsp3) is 0.0667. The van der Waals surface area contributed by atoms with Crippen LogP contribution in [0.2, 0.25) is 0 Å². The summed E-state index contributed by atoms with van der Waals surface area (Å²) in [6.45, 7) is 0. The molecule has 0 saturated heterocycles. The van der Waals surface area contributed by atoms with Gasteiger partial charge < -0.3 is 14.7 Å². The first-order valence-electron chi connectivity index (χ1n) is 7.11. The molecular formula is C15H10F3N3O5S. The summed E-state index contributed by atoms with van der Waals surface area (Å²) in [5.74, 6) is -1.45. The summed E-state index contributed by atoms with van der Waals surface area (Å²) in [6.07, 6.45) is -3.71. The number of phenolic OH excluding ortho intramolecular Hbond substituents is 2. The number of nitrogens with one attached hydrogen (secondary N) is 1. The van der Waals surface area contributed by atoms with Crippen LogP contribution in [-0.2, 0) is 16.2 Å². The lowest BCUT2D eigenvalue weighted by atomic mass is 10.1. The number of phenols is 2. The minimum absolute atomic E-state index is 0.0849. The fourth-order valence-electron chi connectivity index (χ4n) is 2.17. The van der Waals surface area contributed by atoms with Gasteiger partial charge in [-0.1, -0.05) is 11.2 Å². The maximum atomic E-state index is 12.8. The molecule has 0 amide bonds. The number of rotatable bonds is 4. The number of sulfonamides is 1. The van der Waals surface area contributed by atoms with Gasteiger partial charge in [-0.2, -0.15) is 18.2 Å². The Bertz CT molecular complexity index is 1080. The van der Waals surface area contributed by atoms with Crippen LogP contribution in [0.25, 0.3) is 11.5 Å². The number of alkyl halides is 3. The van der Waals surface area contributed by atoms with Crippen molar-refractivity contribution in [3.05, 3.63) is 48.3 Å². The number of hydrogen-bond acceptors (Lipinski definition) is 7. The number of nitrogens with zero attached hydrogens (tertiary/aromatic N) is 2. The molecule has 1 heterocycles. The second kappa shape index (κ2) is 6.46. The molecule has 0 aliphatic carbocycles. The van der Waals surface area contributed by atoms with Crippen molar-refractivity contribution in [1.82, 2.24) is 10.1 Å². The van der Waals surface area contributed by atoms with Crippen molar-refractivity contribution in [2.24, 2.45) is 0 Å². The zero-order valence-electron chi connectivity index (χ0n) is 13.1. The molecule has 0 fully saturated rings. The maximum absolute atomic E-state index is 12.8. The number of benzene rings is 2. The van der Waals surface area contributed by atoms with E-state index in [1.54, 1.807) is 0 Å². The van der Waals surface area contributed by atoms with Crippen LogP contribution in [0.4, 0.5) is 18.9 Å². The highest BCUT2D eigenvalue weighted by Gasteiger charge is 2.32. The minimum Gasteiger partial charge on any atom is -0.504 e. The Morgan fingerprint density at radius 2 is 1.78 bits per heavy atom. The Morgan fingerprint density at radius 3 is 2.41 bits per heavy atom.